The molecule has 0 amide bonds. The van der Waals surface area contributed by atoms with Crippen LogP contribution < -0.4 is 4.74 Å². The van der Waals surface area contributed by atoms with Gasteiger partial charge in [0.1, 0.15) is 11.4 Å². The Labute approximate surface area is 140 Å². The summed E-state index contributed by atoms with van der Waals surface area (Å²) >= 11 is 0. The molecule has 1 aromatic heterocycles. The van der Waals surface area contributed by atoms with Crippen LogP contribution in [0, 0.1) is 0 Å². The molecule has 0 aliphatic heterocycles. The molecule has 4 nitrogen and oxygen atoms in total. The van der Waals surface area contributed by atoms with Crippen LogP contribution in [0.4, 0.5) is 0 Å². The molecule has 4 heteroatoms. The number of hydrogen-bond acceptors (Lipinski definition) is 2. The molecule has 2 aromatic carbocycles. The van der Waals surface area contributed by atoms with Crippen molar-refractivity contribution >= 4 is 16.9 Å². The number of carboxylic acids is 1. The number of aromatic carboxylic acids is 1. The lowest BCUT2D eigenvalue weighted by Crippen LogP contribution is -2.11. The molecule has 1 saturated carbocycles. The van der Waals surface area contributed by atoms with Gasteiger partial charge in [0.25, 0.3) is 0 Å². The van der Waals surface area contributed by atoms with E-state index in [-0.39, 0.29) is 5.69 Å². The number of aromatic nitrogens is 1. The van der Waals surface area contributed by atoms with E-state index in [2.05, 4.69) is 0 Å². The van der Waals surface area contributed by atoms with Gasteiger partial charge in [-0.25, -0.2) is 4.79 Å². The molecule has 1 heterocycles. The predicted molar refractivity (Wildman–Crippen MR) is 93.1 cm³/mol. The number of nitrogens with zero attached hydrogens (tertiary/aromatic N) is 1. The minimum absolute atomic E-state index is 0.265. The van der Waals surface area contributed by atoms with E-state index >= 15 is 0 Å². The van der Waals surface area contributed by atoms with Crippen molar-refractivity contribution in [2.45, 2.75) is 31.8 Å². The van der Waals surface area contributed by atoms with Crippen molar-refractivity contribution in [2.24, 2.45) is 0 Å². The standard InChI is InChI=1S/C20H19NO3/c22-20(23)19-13-14-5-1-4-8-18(14)21(19)15-9-11-17(12-10-15)24-16-6-2-3-7-16/h1,4-5,8-13,16H,2-3,6-7H2,(H,22,23). The Morgan fingerprint density at radius 3 is 2.46 bits per heavy atom. The number of fused-ring (bicyclic) bond motifs is 1. The maximum atomic E-state index is 11.6. The molecule has 0 saturated heterocycles. The second-order valence-electron chi connectivity index (χ2n) is 6.25. The zero-order chi connectivity index (χ0) is 16.5. The van der Waals surface area contributed by atoms with E-state index < -0.39 is 5.97 Å². The highest BCUT2D eigenvalue weighted by Gasteiger charge is 2.18. The van der Waals surface area contributed by atoms with E-state index in [4.69, 9.17) is 4.74 Å². The quantitative estimate of drug-likeness (QED) is 0.761. The van der Waals surface area contributed by atoms with Crippen molar-refractivity contribution in [2.75, 3.05) is 0 Å². The average Bonchev–Trinajstić information content (AvgIpc) is 3.23. The molecule has 4 rings (SSSR count). The zero-order valence-corrected chi connectivity index (χ0v) is 13.3. The van der Waals surface area contributed by atoms with Gasteiger partial charge < -0.3 is 14.4 Å². The number of para-hydroxylation sites is 1. The second kappa shape index (κ2) is 6.04. The van der Waals surface area contributed by atoms with E-state index in [1.807, 2.05) is 48.5 Å². The van der Waals surface area contributed by atoms with Crippen molar-refractivity contribution in [1.29, 1.82) is 0 Å². The third kappa shape index (κ3) is 2.64. The summed E-state index contributed by atoms with van der Waals surface area (Å²) in [6.07, 6.45) is 5.03. The normalized spacial score (nSPS) is 15.0. The minimum Gasteiger partial charge on any atom is -0.490 e. The molecule has 3 aromatic rings. The monoisotopic (exact) mass is 321 g/mol. The van der Waals surface area contributed by atoms with Crippen LogP contribution in [0.25, 0.3) is 16.6 Å². The summed E-state index contributed by atoms with van der Waals surface area (Å²) in [4.78, 5) is 11.6. The number of carboxylic acid groups (broad SMARTS) is 1. The van der Waals surface area contributed by atoms with Gasteiger partial charge in [-0.05, 0) is 62.1 Å². The predicted octanol–water partition coefficient (Wildman–Crippen LogP) is 4.65. The van der Waals surface area contributed by atoms with Crippen molar-refractivity contribution < 1.29 is 14.6 Å². The number of rotatable bonds is 4. The first-order valence-electron chi connectivity index (χ1n) is 8.33. The zero-order valence-electron chi connectivity index (χ0n) is 13.3. The van der Waals surface area contributed by atoms with E-state index in [9.17, 15) is 9.90 Å². The summed E-state index contributed by atoms with van der Waals surface area (Å²) in [5.41, 5.74) is 1.98. The van der Waals surface area contributed by atoms with Gasteiger partial charge in [-0.3, -0.25) is 0 Å². The summed E-state index contributed by atoms with van der Waals surface area (Å²) in [6.45, 7) is 0. The highest BCUT2D eigenvalue weighted by molar-refractivity contribution is 5.96. The molecule has 0 atom stereocenters. The van der Waals surface area contributed by atoms with Crippen LogP contribution in [0.3, 0.4) is 0 Å². The summed E-state index contributed by atoms with van der Waals surface area (Å²) in [5, 5.41) is 10.4. The van der Waals surface area contributed by atoms with E-state index in [1.165, 1.54) is 12.8 Å². The topological polar surface area (TPSA) is 51.5 Å². The summed E-state index contributed by atoms with van der Waals surface area (Å²) < 4.78 is 7.76. The Morgan fingerprint density at radius 1 is 1.04 bits per heavy atom. The Bertz CT molecular complexity index is 874. The van der Waals surface area contributed by atoms with Gasteiger partial charge in [-0.2, -0.15) is 0 Å². The average molecular weight is 321 g/mol. The molecular formula is C20H19NO3. The molecule has 1 N–H and O–H groups in total. The Hall–Kier alpha value is -2.75. The highest BCUT2D eigenvalue weighted by Crippen LogP contribution is 2.28. The van der Waals surface area contributed by atoms with Gasteiger partial charge in [0.05, 0.1) is 11.6 Å². The fourth-order valence-corrected chi connectivity index (χ4v) is 3.46. The van der Waals surface area contributed by atoms with Gasteiger partial charge in [0.2, 0.25) is 0 Å². The van der Waals surface area contributed by atoms with Crippen LogP contribution in [0.2, 0.25) is 0 Å². The molecule has 1 aliphatic rings. The first-order chi connectivity index (χ1) is 11.7. The smallest absolute Gasteiger partial charge is 0.352 e. The summed E-state index contributed by atoms with van der Waals surface area (Å²) in [6, 6.07) is 17.1. The van der Waals surface area contributed by atoms with Crippen LogP contribution in [-0.2, 0) is 0 Å². The fraction of sp³-hybridized carbons (Fsp3) is 0.250. The van der Waals surface area contributed by atoms with Crippen molar-refractivity contribution in [3.05, 3.63) is 60.3 Å². The lowest BCUT2D eigenvalue weighted by atomic mass is 10.2. The van der Waals surface area contributed by atoms with Crippen LogP contribution >= 0.6 is 0 Å². The third-order valence-electron chi connectivity index (χ3n) is 4.63. The summed E-state index contributed by atoms with van der Waals surface area (Å²) in [5.74, 6) is -0.0866. The summed E-state index contributed by atoms with van der Waals surface area (Å²) in [7, 11) is 0. The molecule has 1 aliphatic carbocycles. The van der Waals surface area contributed by atoms with E-state index in [0.29, 0.717) is 6.10 Å². The first kappa shape index (κ1) is 14.8. The maximum absolute atomic E-state index is 11.6. The van der Waals surface area contributed by atoms with Crippen LogP contribution in [-0.4, -0.2) is 21.7 Å². The van der Waals surface area contributed by atoms with Crippen LogP contribution in [0.15, 0.2) is 54.6 Å². The third-order valence-corrected chi connectivity index (χ3v) is 4.63. The van der Waals surface area contributed by atoms with Crippen molar-refractivity contribution in [3.63, 3.8) is 0 Å². The molecule has 0 bridgehead atoms. The molecule has 1 fully saturated rings. The lowest BCUT2D eigenvalue weighted by Gasteiger charge is -2.14. The van der Waals surface area contributed by atoms with Gasteiger partial charge in [0.15, 0.2) is 0 Å². The largest absolute Gasteiger partial charge is 0.490 e. The molecular weight excluding hydrogens is 302 g/mol. The van der Waals surface area contributed by atoms with E-state index in [1.54, 1.807) is 10.6 Å². The fourth-order valence-electron chi connectivity index (χ4n) is 3.46. The number of ether oxygens (including phenoxy) is 1. The van der Waals surface area contributed by atoms with Gasteiger partial charge >= 0.3 is 5.97 Å². The number of benzene rings is 2. The maximum Gasteiger partial charge on any atom is 0.352 e. The Morgan fingerprint density at radius 2 is 1.75 bits per heavy atom. The molecule has 0 spiro atoms. The molecule has 122 valence electrons. The van der Waals surface area contributed by atoms with Gasteiger partial charge in [-0.1, -0.05) is 18.2 Å². The van der Waals surface area contributed by atoms with Gasteiger partial charge in [0, 0.05) is 11.1 Å². The SMILES string of the molecule is O=C(O)c1cc2ccccc2n1-c1ccc(OC2CCCC2)cc1. The Balaban J connectivity index is 1.71. The van der Waals surface area contributed by atoms with Gasteiger partial charge in [-0.15, -0.1) is 0 Å². The van der Waals surface area contributed by atoms with Crippen LogP contribution in [0.5, 0.6) is 5.75 Å². The lowest BCUT2D eigenvalue weighted by molar-refractivity contribution is 0.0688. The molecule has 0 unspecified atom stereocenters. The second-order valence-corrected chi connectivity index (χ2v) is 6.25. The Kier molecular flexibility index (Phi) is 3.73. The van der Waals surface area contributed by atoms with Crippen molar-refractivity contribution in [3.8, 4) is 11.4 Å². The van der Waals surface area contributed by atoms with E-state index in [0.717, 1.165) is 35.2 Å². The molecule has 0 radical (unpaired) electrons. The number of carbonyl (C=O) groups is 1. The molecule has 24 heavy (non-hydrogen) atoms. The number of hydrogen-bond donors (Lipinski definition) is 1. The van der Waals surface area contributed by atoms with Crippen LogP contribution in [0.1, 0.15) is 36.2 Å². The highest BCUT2D eigenvalue weighted by atomic mass is 16.5. The van der Waals surface area contributed by atoms with Crippen molar-refractivity contribution in [1.82, 2.24) is 4.57 Å². The minimum atomic E-state index is -0.933. The first-order valence-corrected chi connectivity index (χ1v) is 8.33.